The number of aryl methyl sites for hydroxylation is 2. The first-order valence-electron chi connectivity index (χ1n) is 7.49. The topological polar surface area (TPSA) is 87.4 Å². The zero-order valence-electron chi connectivity index (χ0n) is 13.6. The minimum absolute atomic E-state index is 0.164. The summed E-state index contributed by atoms with van der Waals surface area (Å²) in [5, 5.41) is 19.1. The van der Waals surface area contributed by atoms with E-state index in [1.54, 1.807) is 13.8 Å². The van der Waals surface area contributed by atoms with Gasteiger partial charge in [-0.3, -0.25) is 0 Å². The zero-order chi connectivity index (χ0) is 17.9. The van der Waals surface area contributed by atoms with Crippen LogP contribution in [0.4, 0.5) is 19.3 Å². The van der Waals surface area contributed by atoms with Gasteiger partial charge in [0.15, 0.2) is 17.4 Å². The molecule has 0 aliphatic heterocycles. The number of carbonyl (C=O) groups excluding carboxylic acids is 1. The first-order chi connectivity index (χ1) is 11.3. The molecule has 1 aromatic heterocycles. The lowest BCUT2D eigenvalue weighted by molar-refractivity contribution is 0.138. The molecule has 0 bridgehead atoms. The minimum atomic E-state index is -1.19. The van der Waals surface area contributed by atoms with Gasteiger partial charge in [0, 0.05) is 6.42 Å². The lowest BCUT2D eigenvalue weighted by atomic mass is 10.0. The average Bonchev–Trinajstić information content (AvgIpc) is 2.89. The largest absolute Gasteiger partial charge is 0.386 e. The lowest BCUT2D eigenvalue weighted by Gasteiger charge is -2.21. The van der Waals surface area contributed by atoms with Crippen LogP contribution in [0.5, 0.6) is 0 Å². The van der Waals surface area contributed by atoms with Gasteiger partial charge in [-0.25, -0.2) is 13.6 Å². The second kappa shape index (κ2) is 7.39. The van der Waals surface area contributed by atoms with Crippen molar-refractivity contribution in [2.75, 3.05) is 5.32 Å². The van der Waals surface area contributed by atoms with Crippen LogP contribution >= 0.6 is 0 Å². The molecule has 6 nitrogen and oxygen atoms in total. The van der Waals surface area contributed by atoms with Crippen molar-refractivity contribution in [1.29, 1.82) is 0 Å². The number of aliphatic hydroxyl groups excluding tert-OH is 1. The fraction of sp³-hybridized carbons (Fsp3) is 0.375. The maximum Gasteiger partial charge on any atom is 0.319 e. The number of anilines is 1. The summed E-state index contributed by atoms with van der Waals surface area (Å²) in [6.07, 6.45) is -0.635. The van der Waals surface area contributed by atoms with Crippen LogP contribution < -0.4 is 10.6 Å². The first-order valence-corrected chi connectivity index (χ1v) is 7.49. The van der Waals surface area contributed by atoms with E-state index in [0.717, 1.165) is 12.1 Å². The van der Waals surface area contributed by atoms with Crippen LogP contribution in [0.25, 0.3) is 0 Å². The molecule has 0 saturated heterocycles. The summed E-state index contributed by atoms with van der Waals surface area (Å²) >= 11 is 0. The Morgan fingerprint density at radius 3 is 2.71 bits per heavy atom. The molecule has 2 atom stereocenters. The summed E-state index contributed by atoms with van der Waals surface area (Å²) in [4.78, 5) is 12.1. The fourth-order valence-electron chi connectivity index (χ4n) is 2.24. The van der Waals surface area contributed by atoms with Gasteiger partial charge in [-0.2, -0.15) is 0 Å². The van der Waals surface area contributed by atoms with Crippen LogP contribution in [0.1, 0.15) is 37.0 Å². The molecule has 8 heteroatoms. The van der Waals surface area contributed by atoms with Crippen molar-refractivity contribution in [1.82, 2.24) is 10.5 Å². The van der Waals surface area contributed by atoms with E-state index in [9.17, 15) is 18.7 Å². The molecular weight excluding hydrogens is 320 g/mol. The van der Waals surface area contributed by atoms with E-state index in [1.807, 2.05) is 6.92 Å². The van der Waals surface area contributed by atoms with Crippen molar-refractivity contribution in [3.8, 4) is 0 Å². The smallest absolute Gasteiger partial charge is 0.319 e. The molecule has 0 saturated carbocycles. The van der Waals surface area contributed by atoms with Gasteiger partial charge < -0.3 is 20.3 Å². The number of halogens is 2. The second-order valence-electron chi connectivity index (χ2n) is 5.43. The Morgan fingerprint density at radius 2 is 2.08 bits per heavy atom. The summed E-state index contributed by atoms with van der Waals surface area (Å²) in [5.74, 6) is -1.52. The SMILES string of the molecule is CCc1onc(C)c1NC(=O)NC(C)C(O)c1ccc(F)c(F)c1. The van der Waals surface area contributed by atoms with Gasteiger partial charge in [0.2, 0.25) is 0 Å². The number of amides is 2. The Morgan fingerprint density at radius 1 is 1.38 bits per heavy atom. The Hall–Kier alpha value is -2.48. The molecule has 0 aliphatic carbocycles. The number of benzene rings is 1. The molecular formula is C16H19F2N3O3. The molecule has 2 amide bonds. The number of urea groups is 1. The van der Waals surface area contributed by atoms with Gasteiger partial charge in [0.05, 0.1) is 12.1 Å². The van der Waals surface area contributed by atoms with Gasteiger partial charge in [0.25, 0.3) is 0 Å². The molecule has 0 aliphatic rings. The Bertz CT molecular complexity index is 733. The third kappa shape index (κ3) is 3.88. The van der Waals surface area contributed by atoms with Crippen LogP contribution in [0, 0.1) is 18.6 Å². The quantitative estimate of drug-likeness (QED) is 0.781. The molecule has 2 aromatic rings. The molecule has 0 spiro atoms. The number of aliphatic hydroxyl groups is 1. The number of hydrogen-bond acceptors (Lipinski definition) is 4. The van der Waals surface area contributed by atoms with Gasteiger partial charge in [-0.05, 0) is 31.5 Å². The second-order valence-corrected chi connectivity index (χ2v) is 5.43. The van der Waals surface area contributed by atoms with E-state index in [0.29, 0.717) is 23.6 Å². The molecule has 3 N–H and O–H groups in total. The first kappa shape index (κ1) is 17.9. The molecule has 1 aromatic carbocycles. The molecule has 1 heterocycles. The number of aromatic nitrogens is 1. The van der Waals surface area contributed by atoms with E-state index in [4.69, 9.17) is 4.52 Å². The normalized spacial score (nSPS) is 13.4. The number of rotatable bonds is 5. The van der Waals surface area contributed by atoms with Crippen molar-refractivity contribution in [3.63, 3.8) is 0 Å². The maximum atomic E-state index is 13.2. The van der Waals surface area contributed by atoms with Crippen LogP contribution in [0.2, 0.25) is 0 Å². The standard InChI is InChI=1S/C16H19F2N3O3/c1-4-13-14(8(2)21-24-13)20-16(23)19-9(3)15(22)10-5-6-11(17)12(18)7-10/h5-7,9,15,22H,4H2,1-3H3,(H2,19,20,23). The van der Waals surface area contributed by atoms with Crippen molar-refractivity contribution in [2.45, 2.75) is 39.3 Å². The monoisotopic (exact) mass is 339 g/mol. The highest BCUT2D eigenvalue weighted by atomic mass is 19.2. The molecule has 2 unspecified atom stereocenters. The van der Waals surface area contributed by atoms with Crippen molar-refractivity contribution < 1.29 is 23.2 Å². The summed E-state index contributed by atoms with van der Waals surface area (Å²) in [5.41, 5.74) is 1.18. The minimum Gasteiger partial charge on any atom is -0.386 e. The molecule has 24 heavy (non-hydrogen) atoms. The van der Waals surface area contributed by atoms with E-state index in [1.165, 1.54) is 6.07 Å². The number of hydrogen-bond donors (Lipinski definition) is 3. The predicted octanol–water partition coefficient (Wildman–Crippen LogP) is 3.07. The predicted molar refractivity (Wildman–Crippen MR) is 83.6 cm³/mol. The van der Waals surface area contributed by atoms with E-state index in [-0.39, 0.29) is 5.56 Å². The highest BCUT2D eigenvalue weighted by Gasteiger charge is 2.21. The van der Waals surface area contributed by atoms with E-state index >= 15 is 0 Å². The van der Waals surface area contributed by atoms with Crippen molar-refractivity contribution in [3.05, 3.63) is 46.9 Å². The van der Waals surface area contributed by atoms with Crippen LogP contribution in [-0.4, -0.2) is 22.3 Å². The number of carbonyl (C=O) groups is 1. The van der Waals surface area contributed by atoms with Gasteiger partial charge >= 0.3 is 6.03 Å². The summed E-state index contributed by atoms with van der Waals surface area (Å²) in [7, 11) is 0. The Labute approximate surface area is 137 Å². The highest BCUT2D eigenvalue weighted by molar-refractivity contribution is 5.90. The third-order valence-electron chi connectivity index (χ3n) is 3.61. The summed E-state index contributed by atoms with van der Waals surface area (Å²) in [6.45, 7) is 5.10. The van der Waals surface area contributed by atoms with E-state index < -0.39 is 29.8 Å². The maximum absolute atomic E-state index is 13.2. The van der Waals surface area contributed by atoms with Crippen molar-refractivity contribution in [2.24, 2.45) is 0 Å². The summed E-state index contributed by atoms with van der Waals surface area (Å²) in [6, 6.07) is 1.79. The summed E-state index contributed by atoms with van der Waals surface area (Å²) < 4.78 is 31.3. The van der Waals surface area contributed by atoms with Crippen LogP contribution in [0.15, 0.2) is 22.7 Å². The number of nitrogens with one attached hydrogen (secondary N) is 2. The zero-order valence-corrected chi connectivity index (χ0v) is 13.6. The molecule has 0 fully saturated rings. The molecule has 0 radical (unpaired) electrons. The fourth-order valence-corrected chi connectivity index (χ4v) is 2.24. The van der Waals surface area contributed by atoms with Gasteiger partial charge in [0.1, 0.15) is 11.4 Å². The van der Waals surface area contributed by atoms with E-state index in [2.05, 4.69) is 15.8 Å². The van der Waals surface area contributed by atoms with Gasteiger partial charge in [-0.1, -0.05) is 18.1 Å². The lowest BCUT2D eigenvalue weighted by Crippen LogP contribution is -2.40. The number of nitrogens with zero attached hydrogens (tertiary/aromatic N) is 1. The highest BCUT2D eigenvalue weighted by Crippen LogP contribution is 2.22. The third-order valence-corrected chi connectivity index (χ3v) is 3.61. The van der Waals surface area contributed by atoms with Crippen LogP contribution in [-0.2, 0) is 6.42 Å². The molecule has 130 valence electrons. The van der Waals surface area contributed by atoms with Crippen molar-refractivity contribution >= 4 is 11.7 Å². The van der Waals surface area contributed by atoms with Gasteiger partial charge in [-0.15, -0.1) is 0 Å². The Balaban J connectivity index is 2.02. The van der Waals surface area contributed by atoms with Crippen LogP contribution in [0.3, 0.4) is 0 Å². The molecule has 2 rings (SSSR count). The average molecular weight is 339 g/mol. The Kier molecular flexibility index (Phi) is 5.50.